The van der Waals surface area contributed by atoms with Crippen molar-refractivity contribution in [2.45, 2.75) is 27.2 Å². The van der Waals surface area contributed by atoms with Crippen LogP contribution in [0.5, 0.6) is 17.2 Å². The zero-order chi connectivity index (χ0) is 17.2. The molecule has 0 aromatic heterocycles. The molecule has 0 bridgehead atoms. The summed E-state index contributed by atoms with van der Waals surface area (Å²) in [6, 6.07) is 13.6. The summed E-state index contributed by atoms with van der Waals surface area (Å²) in [7, 11) is 0. The summed E-state index contributed by atoms with van der Waals surface area (Å²) in [5.41, 5.74) is 1.85. The van der Waals surface area contributed by atoms with Crippen LogP contribution in [0.3, 0.4) is 0 Å². The summed E-state index contributed by atoms with van der Waals surface area (Å²) in [6.07, 6.45) is 2.79. The average molecular weight is 327 g/mol. The number of hydrogen-bond donors (Lipinski definition) is 0. The second-order valence-corrected chi connectivity index (χ2v) is 5.17. The normalized spacial score (nSPS) is 10.8. The summed E-state index contributed by atoms with van der Waals surface area (Å²) in [4.78, 5) is 4.49. The Morgan fingerprint density at radius 2 is 1.58 bits per heavy atom. The molecule has 0 saturated heterocycles. The molecule has 2 aromatic carbocycles. The van der Waals surface area contributed by atoms with Crippen LogP contribution in [0.15, 0.2) is 47.5 Å². The van der Waals surface area contributed by atoms with Crippen LogP contribution in [0.4, 0.5) is 5.69 Å². The van der Waals surface area contributed by atoms with Gasteiger partial charge in [-0.25, -0.2) is 0 Å². The minimum atomic E-state index is 0.599. The molecule has 0 spiro atoms. The highest BCUT2D eigenvalue weighted by Gasteiger charge is 2.05. The zero-order valence-corrected chi connectivity index (χ0v) is 14.6. The Morgan fingerprint density at radius 1 is 0.833 bits per heavy atom. The van der Waals surface area contributed by atoms with Crippen LogP contribution in [-0.2, 0) is 0 Å². The van der Waals surface area contributed by atoms with Crippen LogP contribution < -0.4 is 14.2 Å². The van der Waals surface area contributed by atoms with E-state index < -0.39 is 0 Å². The molecule has 0 atom stereocenters. The SMILES string of the molecule is CCCOc1ccc(C=Nc2ccc(OCC)cc2)cc1OCC. The van der Waals surface area contributed by atoms with Gasteiger partial charge in [-0.05, 0) is 68.3 Å². The van der Waals surface area contributed by atoms with Gasteiger partial charge in [0.05, 0.1) is 25.5 Å². The van der Waals surface area contributed by atoms with E-state index in [1.165, 1.54) is 0 Å². The number of rotatable bonds is 9. The van der Waals surface area contributed by atoms with Gasteiger partial charge >= 0.3 is 0 Å². The second kappa shape index (κ2) is 9.60. The fraction of sp³-hybridized carbons (Fsp3) is 0.350. The molecule has 0 aliphatic heterocycles. The van der Waals surface area contributed by atoms with Crippen molar-refractivity contribution in [3.63, 3.8) is 0 Å². The highest BCUT2D eigenvalue weighted by molar-refractivity contribution is 5.83. The van der Waals surface area contributed by atoms with Gasteiger partial charge in [0.15, 0.2) is 11.5 Å². The largest absolute Gasteiger partial charge is 0.494 e. The number of benzene rings is 2. The van der Waals surface area contributed by atoms with Gasteiger partial charge in [-0.15, -0.1) is 0 Å². The topological polar surface area (TPSA) is 40.0 Å². The molecule has 128 valence electrons. The fourth-order valence-corrected chi connectivity index (χ4v) is 2.15. The molecule has 0 unspecified atom stereocenters. The minimum absolute atomic E-state index is 0.599. The molecule has 0 aliphatic rings. The molecule has 0 heterocycles. The zero-order valence-electron chi connectivity index (χ0n) is 14.6. The standard InChI is InChI=1S/C20H25NO3/c1-4-13-24-19-12-7-16(14-20(19)23-6-3)15-21-17-8-10-18(11-9-17)22-5-2/h7-12,14-15H,4-6,13H2,1-3H3. The summed E-state index contributed by atoms with van der Waals surface area (Å²) in [5, 5.41) is 0. The van der Waals surface area contributed by atoms with Crippen molar-refractivity contribution in [2.24, 2.45) is 4.99 Å². The number of hydrogen-bond acceptors (Lipinski definition) is 4. The van der Waals surface area contributed by atoms with Crippen molar-refractivity contribution < 1.29 is 14.2 Å². The van der Waals surface area contributed by atoms with Crippen molar-refractivity contribution in [3.05, 3.63) is 48.0 Å². The molecular formula is C20H25NO3. The third kappa shape index (κ3) is 5.30. The Balaban J connectivity index is 2.11. The molecule has 4 heteroatoms. The highest BCUT2D eigenvalue weighted by Crippen LogP contribution is 2.28. The van der Waals surface area contributed by atoms with Gasteiger partial charge in [-0.1, -0.05) is 6.92 Å². The first-order valence-corrected chi connectivity index (χ1v) is 8.43. The lowest BCUT2D eigenvalue weighted by Gasteiger charge is -2.11. The van der Waals surface area contributed by atoms with Gasteiger partial charge in [0.25, 0.3) is 0 Å². The Bertz CT molecular complexity index is 650. The predicted molar refractivity (Wildman–Crippen MR) is 98.3 cm³/mol. The lowest BCUT2D eigenvalue weighted by Crippen LogP contribution is -2.00. The van der Waals surface area contributed by atoms with Crippen LogP contribution in [0.1, 0.15) is 32.8 Å². The lowest BCUT2D eigenvalue weighted by molar-refractivity contribution is 0.277. The van der Waals surface area contributed by atoms with Crippen molar-refractivity contribution in [1.82, 2.24) is 0 Å². The number of nitrogens with zero attached hydrogens (tertiary/aromatic N) is 1. The summed E-state index contributed by atoms with van der Waals surface area (Å²) < 4.78 is 16.8. The smallest absolute Gasteiger partial charge is 0.161 e. The van der Waals surface area contributed by atoms with Crippen LogP contribution in [0.2, 0.25) is 0 Å². The van der Waals surface area contributed by atoms with Crippen molar-refractivity contribution in [1.29, 1.82) is 0 Å². The molecule has 0 N–H and O–H groups in total. The maximum absolute atomic E-state index is 5.71. The van der Waals surface area contributed by atoms with Crippen molar-refractivity contribution in [3.8, 4) is 17.2 Å². The van der Waals surface area contributed by atoms with E-state index in [4.69, 9.17) is 14.2 Å². The third-order valence-corrected chi connectivity index (χ3v) is 3.24. The maximum atomic E-state index is 5.71. The van der Waals surface area contributed by atoms with Crippen LogP contribution >= 0.6 is 0 Å². The number of aliphatic imine (C=N–C) groups is 1. The summed E-state index contributed by atoms with van der Waals surface area (Å²) in [5.74, 6) is 2.38. The quantitative estimate of drug-likeness (QED) is 0.607. The molecule has 2 rings (SSSR count). The molecule has 2 aromatic rings. The molecule has 0 fully saturated rings. The van der Waals surface area contributed by atoms with E-state index in [0.717, 1.165) is 34.9 Å². The number of ether oxygens (including phenoxy) is 3. The molecule has 0 saturated carbocycles. The maximum Gasteiger partial charge on any atom is 0.161 e. The van der Waals surface area contributed by atoms with E-state index >= 15 is 0 Å². The Morgan fingerprint density at radius 3 is 2.25 bits per heavy atom. The van der Waals surface area contributed by atoms with Gasteiger partial charge < -0.3 is 14.2 Å². The van der Waals surface area contributed by atoms with Gasteiger partial charge in [0, 0.05) is 6.21 Å². The first kappa shape index (κ1) is 17.9. The van der Waals surface area contributed by atoms with Crippen molar-refractivity contribution >= 4 is 11.9 Å². The van der Waals surface area contributed by atoms with E-state index in [2.05, 4.69) is 11.9 Å². The molecule has 0 aliphatic carbocycles. The van der Waals surface area contributed by atoms with E-state index in [-0.39, 0.29) is 0 Å². The summed E-state index contributed by atoms with van der Waals surface area (Å²) in [6.45, 7) is 7.95. The average Bonchev–Trinajstić information content (AvgIpc) is 2.61. The highest BCUT2D eigenvalue weighted by atomic mass is 16.5. The van der Waals surface area contributed by atoms with Gasteiger partial charge in [-0.3, -0.25) is 4.99 Å². The lowest BCUT2D eigenvalue weighted by atomic mass is 10.2. The third-order valence-electron chi connectivity index (χ3n) is 3.24. The first-order valence-electron chi connectivity index (χ1n) is 8.43. The van der Waals surface area contributed by atoms with Crippen LogP contribution in [0, 0.1) is 0 Å². The Labute approximate surface area is 144 Å². The van der Waals surface area contributed by atoms with Gasteiger partial charge in [0.2, 0.25) is 0 Å². The Kier molecular flexibility index (Phi) is 7.15. The van der Waals surface area contributed by atoms with Crippen molar-refractivity contribution in [2.75, 3.05) is 19.8 Å². The van der Waals surface area contributed by atoms with E-state index in [9.17, 15) is 0 Å². The van der Waals surface area contributed by atoms with Crippen LogP contribution in [0.25, 0.3) is 0 Å². The molecule has 0 amide bonds. The molecule has 4 nitrogen and oxygen atoms in total. The molecule has 0 radical (unpaired) electrons. The van der Waals surface area contributed by atoms with E-state index in [0.29, 0.717) is 19.8 Å². The molecule has 24 heavy (non-hydrogen) atoms. The van der Waals surface area contributed by atoms with E-state index in [1.54, 1.807) is 0 Å². The summed E-state index contributed by atoms with van der Waals surface area (Å²) >= 11 is 0. The predicted octanol–water partition coefficient (Wildman–Crippen LogP) is 5.02. The monoisotopic (exact) mass is 327 g/mol. The minimum Gasteiger partial charge on any atom is -0.494 e. The second-order valence-electron chi connectivity index (χ2n) is 5.17. The Hall–Kier alpha value is -2.49. The van der Waals surface area contributed by atoms with Gasteiger partial charge in [0.1, 0.15) is 5.75 Å². The van der Waals surface area contributed by atoms with Crippen LogP contribution in [-0.4, -0.2) is 26.0 Å². The first-order chi connectivity index (χ1) is 11.8. The van der Waals surface area contributed by atoms with E-state index in [1.807, 2.05) is 62.5 Å². The molecular weight excluding hydrogens is 302 g/mol. The fourth-order valence-electron chi connectivity index (χ4n) is 2.15. The van der Waals surface area contributed by atoms with Gasteiger partial charge in [-0.2, -0.15) is 0 Å².